The highest BCUT2D eigenvalue weighted by Crippen LogP contribution is 2.18. The van der Waals surface area contributed by atoms with Gasteiger partial charge >= 0.3 is 0 Å². The standard InChI is InChI=1S/C17H22N2O4S/c1-14-7-9-15(10-8-14)19(24(2,21)22)11-3-6-17(20)18-13-16-5-4-12-23-16/h4-5,7-10,12H,3,6,11,13H2,1-2H3,(H,18,20). The van der Waals surface area contributed by atoms with Crippen LogP contribution in [0.4, 0.5) is 5.69 Å². The number of carbonyl (C=O) groups is 1. The lowest BCUT2D eigenvalue weighted by Gasteiger charge is -2.22. The van der Waals surface area contributed by atoms with Crippen molar-refractivity contribution < 1.29 is 17.6 Å². The Balaban J connectivity index is 1.87. The fourth-order valence-electron chi connectivity index (χ4n) is 2.27. The number of rotatable bonds is 8. The van der Waals surface area contributed by atoms with Crippen LogP contribution in [0.5, 0.6) is 0 Å². The zero-order valence-electron chi connectivity index (χ0n) is 13.9. The summed E-state index contributed by atoms with van der Waals surface area (Å²) in [5.74, 6) is 0.546. The Morgan fingerprint density at radius 1 is 1.21 bits per heavy atom. The van der Waals surface area contributed by atoms with Gasteiger partial charge in [0.1, 0.15) is 5.76 Å². The second kappa shape index (κ2) is 8.01. The van der Waals surface area contributed by atoms with Crippen LogP contribution in [-0.4, -0.2) is 27.1 Å². The molecule has 2 aromatic rings. The number of benzene rings is 1. The molecule has 0 saturated heterocycles. The summed E-state index contributed by atoms with van der Waals surface area (Å²) in [6, 6.07) is 10.8. The van der Waals surface area contributed by atoms with Gasteiger partial charge in [0.2, 0.25) is 15.9 Å². The molecule has 0 aliphatic carbocycles. The third-order valence-electron chi connectivity index (χ3n) is 3.53. The minimum atomic E-state index is -3.39. The summed E-state index contributed by atoms with van der Waals surface area (Å²) in [5.41, 5.74) is 1.67. The van der Waals surface area contributed by atoms with Crippen molar-refractivity contribution in [1.29, 1.82) is 0 Å². The van der Waals surface area contributed by atoms with Gasteiger partial charge in [-0.1, -0.05) is 17.7 Å². The van der Waals surface area contributed by atoms with E-state index < -0.39 is 10.0 Å². The van der Waals surface area contributed by atoms with Gasteiger partial charge in [-0.15, -0.1) is 0 Å². The molecule has 1 amide bonds. The molecule has 1 N–H and O–H groups in total. The van der Waals surface area contributed by atoms with Gasteiger partial charge in [0.15, 0.2) is 0 Å². The summed E-state index contributed by atoms with van der Waals surface area (Å²) in [6.45, 7) is 2.54. The molecule has 0 radical (unpaired) electrons. The molecule has 0 fully saturated rings. The van der Waals surface area contributed by atoms with E-state index in [0.717, 1.165) is 5.56 Å². The monoisotopic (exact) mass is 350 g/mol. The first-order valence-electron chi connectivity index (χ1n) is 7.70. The molecule has 0 aliphatic rings. The highest BCUT2D eigenvalue weighted by molar-refractivity contribution is 7.92. The van der Waals surface area contributed by atoms with Crippen molar-refractivity contribution in [3.63, 3.8) is 0 Å². The predicted molar refractivity (Wildman–Crippen MR) is 93.2 cm³/mol. The molecule has 6 nitrogen and oxygen atoms in total. The van der Waals surface area contributed by atoms with E-state index in [4.69, 9.17) is 4.42 Å². The van der Waals surface area contributed by atoms with Crippen molar-refractivity contribution in [3.05, 3.63) is 54.0 Å². The third kappa shape index (κ3) is 5.42. The van der Waals surface area contributed by atoms with Gasteiger partial charge in [-0.05, 0) is 37.6 Å². The van der Waals surface area contributed by atoms with Crippen LogP contribution in [-0.2, 0) is 21.4 Å². The van der Waals surface area contributed by atoms with Gasteiger partial charge in [0.25, 0.3) is 0 Å². The van der Waals surface area contributed by atoms with Gasteiger partial charge in [-0.3, -0.25) is 9.10 Å². The molecule has 7 heteroatoms. The Bertz CT molecular complexity index is 752. The molecule has 1 aromatic carbocycles. The van der Waals surface area contributed by atoms with Crippen molar-refractivity contribution in [1.82, 2.24) is 5.32 Å². The number of carbonyl (C=O) groups excluding carboxylic acids is 1. The number of amides is 1. The Hall–Kier alpha value is -2.28. The van der Waals surface area contributed by atoms with Crippen LogP contribution in [0.2, 0.25) is 0 Å². The molecule has 2 rings (SSSR count). The lowest BCUT2D eigenvalue weighted by molar-refractivity contribution is -0.121. The molecule has 0 saturated carbocycles. The SMILES string of the molecule is Cc1ccc(N(CCCC(=O)NCc2ccco2)S(C)(=O)=O)cc1. The van der Waals surface area contributed by atoms with Gasteiger partial charge in [-0.25, -0.2) is 8.42 Å². The van der Waals surface area contributed by atoms with Gasteiger partial charge < -0.3 is 9.73 Å². The van der Waals surface area contributed by atoms with E-state index in [1.165, 1.54) is 10.6 Å². The molecule has 0 bridgehead atoms. The molecule has 1 heterocycles. The molecule has 24 heavy (non-hydrogen) atoms. The van der Waals surface area contributed by atoms with E-state index in [-0.39, 0.29) is 18.9 Å². The largest absolute Gasteiger partial charge is 0.467 e. The first-order chi connectivity index (χ1) is 11.4. The molecule has 0 unspecified atom stereocenters. The molecule has 0 atom stereocenters. The zero-order chi connectivity index (χ0) is 17.6. The lowest BCUT2D eigenvalue weighted by Crippen LogP contribution is -2.32. The summed E-state index contributed by atoms with van der Waals surface area (Å²) in [6.07, 6.45) is 3.40. The third-order valence-corrected chi connectivity index (χ3v) is 4.72. The van der Waals surface area contributed by atoms with Crippen LogP contribution in [0.15, 0.2) is 47.1 Å². The number of anilines is 1. The molecular weight excluding hydrogens is 328 g/mol. The molecule has 0 aliphatic heterocycles. The average molecular weight is 350 g/mol. The highest BCUT2D eigenvalue weighted by atomic mass is 32.2. The summed E-state index contributed by atoms with van der Waals surface area (Å²) >= 11 is 0. The van der Waals surface area contributed by atoms with E-state index in [0.29, 0.717) is 24.4 Å². The molecular formula is C17H22N2O4S. The minimum absolute atomic E-state index is 0.135. The highest BCUT2D eigenvalue weighted by Gasteiger charge is 2.17. The van der Waals surface area contributed by atoms with E-state index in [1.807, 2.05) is 19.1 Å². The zero-order valence-corrected chi connectivity index (χ0v) is 14.7. The number of aryl methyl sites for hydroxylation is 1. The smallest absolute Gasteiger partial charge is 0.232 e. The number of nitrogens with zero attached hydrogens (tertiary/aromatic N) is 1. The Morgan fingerprint density at radius 3 is 2.50 bits per heavy atom. The predicted octanol–water partition coefficient (Wildman–Crippen LogP) is 2.45. The van der Waals surface area contributed by atoms with Crippen molar-refractivity contribution >= 4 is 21.6 Å². The summed E-state index contributed by atoms with van der Waals surface area (Å²) in [7, 11) is -3.39. The summed E-state index contributed by atoms with van der Waals surface area (Å²) in [5, 5.41) is 2.74. The topological polar surface area (TPSA) is 79.6 Å². The Morgan fingerprint density at radius 2 is 1.92 bits per heavy atom. The maximum Gasteiger partial charge on any atom is 0.232 e. The Labute approximate surface area is 142 Å². The van der Waals surface area contributed by atoms with Crippen LogP contribution in [0.25, 0.3) is 0 Å². The maximum absolute atomic E-state index is 12.0. The van der Waals surface area contributed by atoms with E-state index in [1.54, 1.807) is 30.5 Å². The fraction of sp³-hybridized carbons (Fsp3) is 0.353. The van der Waals surface area contributed by atoms with Gasteiger partial charge in [-0.2, -0.15) is 0 Å². The molecule has 0 spiro atoms. The first kappa shape index (κ1) is 18.1. The second-order valence-corrected chi connectivity index (χ2v) is 7.54. The van der Waals surface area contributed by atoms with Crippen LogP contribution >= 0.6 is 0 Å². The van der Waals surface area contributed by atoms with Crippen LogP contribution in [0.3, 0.4) is 0 Å². The molecule has 130 valence electrons. The number of nitrogens with one attached hydrogen (secondary N) is 1. The van der Waals surface area contributed by atoms with Crippen molar-refractivity contribution in [2.45, 2.75) is 26.3 Å². The van der Waals surface area contributed by atoms with Crippen molar-refractivity contribution in [2.24, 2.45) is 0 Å². The first-order valence-corrected chi connectivity index (χ1v) is 9.54. The number of sulfonamides is 1. The van der Waals surface area contributed by atoms with E-state index in [9.17, 15) is 13.2 Å². The quantitative estimate of drug-likeness (QED) is 0.793. The molecule has 1 aromatic heterocycles. The average Bonchev–Trinajstić information content (AvgIpc) is 3.03. The Kier molecular flexibility index (Phi) is 6.03. The summed E-state index contributed by atoms with van der Waals surface area (Å²) in [4.78, 5) is 11.8. The van der Waals surface area contributed by atoms with Crippen LogP contribution < -0.4 is 9.62 Å². The van der Waals surface area contributed by atoms with Crippen molar-refractivity contribution in [2.75, 3.05) is 17.1 Å². The van der Waals surface area contributed by atoms with Crippen LogP contribution in [0.1, 0.15) is 24.2 Å². The number of hydrogen-bond donors (Lipinski definition) is 1. The number of hydrogen-bond acceptors (Lipinski definition) is 4. The lowest BCUT2D eigenvalue weighted by atomic mass is 10.2. The summed E-state index contributed by atoms with van der Waals surface area (Å²) < 4.78 is 30.4. The van der Waals surface area contributed by atoms with E-state index in [2.05, 4.69) is 5.32 Å². The van der Waals surface area contributed by atoms with E-state index >= 15 is 0 Å². The normalized spacial score (nSPS) is 11.2. The van der Waals surface area contributed by atoms with Crippen molar-refractivity contribution in [3.8, 4) is 0 Å². The minimum Gasteiger partial charge on any atom is -0.467 e. The van der Waals surface area contributed by atoms with Gasteiger partial charge in [0, 0.05) is 13.0 Å². The van der Waals surface area contributed by atoms with Crippen LogP contribution in [0, 0.1) is 6.92 Å². The number of furan rings is 1. The van der Waals surface area contributed by atoms with Gasteiger partial charge in [0.05, 0.1) is 24.8 Å². The fourth-order valence-corrected chi connectivity index (χ4v) is 3.23. The second-order valence-electron chi connectivity index (χ2n) is 5.63. The maximum atomic E-state index is 12.0.